The molecule has 0 unspecified atom stereocenters. The van der Waals surface area contributed by atoms with Crippen molar-refractivity contribution in [2.24, 2.45) is 0 Å². The van der Waals surface area contributed by atoms with Crippen LogP contribution in [0.5, 0.6) is 0 Å². The molecule has 0 bridgehead atoms. The molecule has 0 N–H and O–H groups in total. The van der Waals surface area contributed by atoms with Crippen molar-refractivity contribution in [1.29, 1.82) is 0 Å². The van der Waals surface area contributed by atoms with Crippen LogP contribution in [0.3, 0.4) is 0 Å². The lowest BCUT2D eigenvalue weighted by molar-refractivity contribution is 1.05. The van der Waals surface area contributed by atoms with Gasteiger partial charge in [-0.25, -0.2) is 19.9 Å². The first-order chi connectivity index (χ1) is 28.9. The Bertz CT molecular complexity index is 3290. The highest BCUT2D eigenvalue weighted by Crippen LogP contribution is 2.39. The maximum atomic E-state index is 8.64. The smallest absolute Gasteiger partial charge is 0.165 e. The minimum Gasteiger partial charge on any atom is -0.309 e. The summed E-state index contributed by atoms with van der Waals surface area (Å²) in [5.41, 5.74) is 4.68. The normalized spacial score (nSPS) is 14.4. The standard InChI is InChI=1S/C44H28N6/c1-4-14-29(15-5-1)42-46-43(30-16-6-2-7-17-30)48-44(47-42)31-24-25-41(45-28-31)50-38-23-13-11-21-34(38)36-26-39-35(27-40(36)50)33-20-10-12-22-37(33)49(39)32-18-8-3-9-19-32/h1-28H/i1D,2D,4D,5D,6D,7D,14D,15D,16D,17D. The molecule has 0 aliphatic heterocycles. The summed E-state index contributed by atoms with van der Waals surface area (Å²) >= 11 is 0. The molecule has 6 heteroatoms. The number of aromatic nitrogens is 6. The van der Waals surface area contributed by atoms with E-state index in [-0.39, 0.29) is 28.6 Å². The average Bonchev–Trinajstić information content (AvgIpc) is 3.78. The number of benzene rings is 6. The molecule has 6 nitrogen and oxygen atoms in total. The highest BCUT2D eigenvalue weighted by Gasteiger charge is 2.19. The van der Waals surface area contributed by atoms with Gasteiger partial charge in [0.2, 0.25) is 0 Å². The number of para-hydroxylation sites is 3. The quantitative estimate of drug-likeness (QED) is 0.186. The van der Waals surface area contributed by atoms with E-state index in [1.54, 1.807) is 12.1 Å². The van der Waals surface area contributed by atoms with Crippen LogP contribution in [0.15, 0.2) is 170 Å². The second kappa shape index (κ2) is 11.4. The molecule has 0 aliphatic carbocycles. The Kier molecular flexibility index (Phi) is 4.50. The summed E-state index contributed by atoms with van der Waals surface area (Å²) in [4.78, 5) is 18.4. The molecule has 0 radical (unpaired) electrons. The molecule has 10 aromatic rings. The van der Waals surface area contributed by atoms with E-state index in [2.05, 4.69) is 66.6 Å². The van der Waals surface area contributed by atoms with Crippen molar-refractivity contribution in [2.45, 2.75) is 0 Å². The summed E-state index contributed by atoms with van der Waals surface area (Å²) < 4.78 is 88.2. The van der Waals surface area contributed by atoms with Crippen LogP contribution in [0, 0.1) is 0 Å². The lowest BCUT2D eigenvalue weighted by Gasteiger charge is -2.10. The molecule has 10 rings (SSSR count). The van der Waals surface area contributed by atoms with Gasteiger partial charge in [-0.3, -0.25) is 4.57 Å². The lowest BCUT2D eigenvalue weighted by atomic mass is 10.1. The summed E-state index contributed by atoms with van der Waals surface area (Å²) in [7, 11) is 0. The van der Waals surface area contributed by atoms with Crippen LogP contribution in [0.4, 0.5) is 0 Å². The zero-order valence-corrected chi connectivity index (χ0v) is 26.1. The Hall–Kier alpha value is -6.92. The van der Waals surface area contributed by atoms with Gasteiger partial charge < -0.3 is 4.57 Å². The van der Waals surface area contributed by atoms with Gasteiger partial charge in [0, 0.05) is 50.1 Å². The van der Waals surface area contributed by atoms with Crippen molar-refractivity contribution in [3.63, 3.8) is 0 Å². The Morgan fingerprint density at radius 3 is 1.48 bits per heavy atom. The predicted octanol–water partition coefficient (Wildman–Crippen LogP) is 10.5. The first-order valence-corrected chi connectivity index (χ1v) is 15.8. The minimum atomic E-state index is -0.614. The van der Waals surface area contributed by atoms with Gasteiger partial charge in [0.15, 0.2) is 17.5 Å². The van der Waals surface area contributed by atoms with Crippen molar-refractivity contribution in [3.05, 3.63) is 170 Å². The zero-order valence-electron chi connectivity index (χ0n) is 36.1. The van der Waals surface area contributed by atoms with Crippen LogP contribution in [-0.2, 0) is 0 Å². The molecule has 4 heterocycles. The summed E-state index contributed by atoms with van der Waals surface area (Å²) in [5.74, 6) is -0.180. The van der Waals surface area contributed by atoms with Crippen LogP contribution in [0.2, 0.25) is 0 Å². The molecule has 0 spiro atoms. The third-order valence-corrected chi connectivity index (χ3v) is 8.80. The topological polar surface area (TPSA) is 61.4 Å². The molecule has 50 heavy (non-hydrogen) atoms. The van der Waals surface area contributed by atoms with Crippen molar-refractivity contribution >= 4 is 43.6 Å². The molecular formula is C44H28N6. The minimum absolute atomic E-state index is 0.0645. The van der Waals surface area contributed by atoms with Crippen molar-refractivity contribution < 1.29 is 13.7 Å². The molecule has 234 valence electrons. The Balaban J connectivity index is 1.18. The molecule has 6 aromatic carbocycles. The Morgan fingerprint density at radius 1 is 0.420 bits per heavy atom. The summed E-state index contributed by atoms with van der Waals surface area (Å²) in [6.07, 6.45) is 1.53. The number of fused-ring (bicyclic) bond motifs is 6. The largest absolute Gasteiger partial charge is 0.309 e. The van der Waals surface area contributed by atoms with Crippen LogP contribution < -0.4 is 0 Å². The maximum Gasteiger partial charge on any atom is 0.165 e. The number of hydrogen-bond donors (Lipinski definition) is 0. The Labute approximate surface area is 301 Å². The third-order valence-electron chi connectivity index (χ3n) is 8.80. The fraction of sp³-hybridized carbons (Fsp3) is 0. The summed E-state index contributed by atoms with van der Waals surface area (Å²) in [6.45, 7) is 0. The number of nitrogens with zero attached hydrogens (tertiary/aromatic N) is 6. The fourth-order valence-corrected chi connectivity index (χ4v) is 6.64. The SMILES string of the molecule is [2H]c1c([2H])c([2H])c(-c2nc(-c3ccc(-n4c5ccccc5c5cc6c(cc54)c4ccccc4n6-c4ccccc4)nc3)nc(-c3c([2H])c([2H])c([2H])c([2H])c3[2H])n2)c([2H])c1[2H]. The van der Waals surface area contributed by atoms with Crippen LogP contribution in [0.25, 0.3) is 89.3 Å². The van der Waals surface area contributed by atoms with Gasteiger partial charge in [0.25, 0.3) is 0 Å². The fourth-order valence-electron chi connectivity index (χ4n) is 6.64. The molecule has 0 aliphatic rings. The molecule has 4 aromatic heterocycles. The maximum absolute atomic E-state index is 8.64. The van der Waals surface area contributed by atoms with E-state index in [4.69, 9.17) is 18.7 Å². The van der Waals surface area contributed by atoms with E-state index in [1.807, 2.05) is 48.5 Å². The van der Waals surface area contributed by atoms with Crippen molar-refractivity contribution in [3.8, 4) is 45.7 Å². The summed E-state index contributed by atoms with van der Waals surface area (Å²) in [6, 6.07) is 28.6. The van der Waals surface area contributed by atoms with E-state index in [0.29, 0.717) is 11.4 Å². The van der Waals surface area contributed by atoms with Gasteiger partial charge in [-0.15, -0.1) is 0 Å². The highest BCUT2D eigenvalue weighted by atomic mass is 15.1. The van der Waals surface area contributed by atoms with E-state index >= 15 is 0 Å². The highest BCUT2D eigenvalue weighted by molar-refractivity contribution is 6.18. The average molecular weight is 651 g/mol. The molecule has 0 atom stereocenters. The molecule has 0 amide bonds. The van der Waals surface area contributed by atoms with Gasteiger partial charge in [-0.2, -0.15) is 0 Å². The number of rotatable bonds is 5. The van der Waals surface area contributed by atoms with E-state index < -0.39 is 60.4 Å². The zero-order chi connectivity index (χ0) is 41.7. The van der Waals surface area contributed by atoms with Crippen LogP contribution in [-0.4, -0.2) is 29.1 Å². The second-order valence-electron chi connectivity index (χ2n) is 11.6. The van der Waals surface area contributed by atoms with Gasteiger partial charge in [-0.05, 0) is 48.5 Å². The van der Waals surface area contributed by atoms with Gasteiger partial charge in [0.05, 0.1) is 35.8 Å². The monoisotopic (exact) mass is 650 g/mol. The molecule has 0 saturated carbocycles. The van der Waals surface area contributed by atoms with Crippen molar-refractivity contribution in [2.75, 3.05) is 0 Å². The summed E-state index contributed by atoms with van der Waals surface area (Å²) in [5, 5.41) is 4.20. The van der Waals surface area contributed by atoms with Crippen molar-refractivity contribution in [1.82, 2.24) is 29.1 Å². The van der Waals surface area contributed by atoms with Gasteiger partial charge >= 0.3 is 0 Å². The molecule has 0 saturated heterocycles. The third kappa shape index (κ3) is 4.50. The molecule has 0 fully saturated rings. The number of hydrogen-bond acceptors (Lipinski definition) is 4. The van der Waals surface area contributed by atoms with Crippen LogP contribution in [0.1, 0.15) is 13.7 Å². The van der Waals surface area contributed by atoms with E-state index in [9.17, 15) is 0 Å². The van der Waals surface area contributed by atoms with Gasteiger partial charge in [-0.1, -0.05) is 115 Å². The van der Waals surface area contributed by atoms with E-state index in [1.165, 1.54) is 6.20 Å². The number of pyridine rings is 1. The molecular weight excluding hydrogens is 613 g/mol. The first kappa shape index (κ1) is 19.8. The van der Waals surface area contributed by atoms with Crippen LogP contribution >= 0.6 is 0 Å². The second-order valence-corrected chi connectivity index (χ2v) is 11.6. The lowest BCUT2D eigenvalue weighted by Crippen LogP contribution is -2.01. The predicted molar refractivity (Wildman–Crippen MR) is 203 cm³/mol. The van der Waals surface area contributed by atoms with E-state index in [0.717, 1.165) is 49.3 Å². The van der Waals surface area contributed by atoms with Gasteiger partial charge in [0.1, 0.15) is 5.82 Å². The first-order valence-electron chi connectivity index (χ1n) is 20.8. The Morgan fingerprint density at radius 2 is 0.920 bits per heavy atom.